The van der Waals surface area contributed by atoms with E-state index in [1.165, 1.54) is 0 Å². The van der Waals surface area contributed by atoms with Crippen LogP contribution in [0, 0.1) is 5.92 Å². The molecule has 2 nitrogen and oxygen atoms in total. The largest absolute Gasteiger partial charge is 0.299 e. The number of carbonyl (C=O) groups is 2. The summed E-state index contributed by atoms with van der Waals surface area (Å²) in [5.74, 6) is 0.539. The van der Waals surface area contributed by atoms with Gasteiger partial charge in [0.1, 0.15) is 11.6 Å². The predicted molar refractivity (Wildman–Crippen MR) is 69.0 cm³/mol. The van der Waals surface area contributed by atoms with Crippen LogP contribution in [0.25, 0.3) is 0 Å². The van der Waals surface area contributed by atoms with Crippen molar-refractivity contribution in [3.8, 4) is 0 Å². The van der Waals surface area contributed by atoms with Gasteiger partial charge in [0.15, 0.2) is 0 Å². The summed E-state index contributed by atoms with van der Waals surface area (Å²) in [4.78, 5) is 23.0. The van der Waals surface area contributed by atoms with Gasteiger partial charge in [0.2, 0.25) is 0 Å². The molecule has 0 atom stereocenters. The van der Waals surface area contributed by atoms with Gasteiger partial charge in [-0.15, -0.1) is 0 Å². The van der Waals surface area contributed by atoms with Crippen LogP contribution in [0.15, 0.2) is 24.3 Å². The molecule has 0 aromatic heterocycles. The third-order valence-electron chi connectivity index (χ3n) is 2.81. The number of ketones is 2. The van der Waals surface area contributed by atoms with E-state index in [0.717, 1.165) is 11.1 Å². The maximum absolute atomic E-state index is 11.6. The second-order valence-corrected chi connectivity index (χ2v) is 4.69. The second kappa shape index (κ2) is 6.33. The van der Waals surface area contributed by atoms with Gasteiger partial charge in [-0.3, -0.25) is 9.59 Å². The van der Waals surface area contributed by atoms with Crippen molar-refractivity contribution >= 4 is 11.6 Å². The normalized spacial score (nSPS) is 10.6. The Hall–Kier alpha value is -1.44. The zero-order valence-corrected chi connectivity index (χ0v) is 10.8. The van der Waals surface area contributed by atoms with Crippen molar-refractivity contribution in [2.24, 2.45) is 5.92 Å². The fourth-order valence-corrected chi connectivity index (χ4v) is 1.61. The molecule has 0 amide bonds. The number of rotatable bonds is 6. The lowest BCUT2D eigenvalue weighted by atomic mass is 9.98. The molecule has 0 spiro atoms. The molecule has 1 aromatic rings. The monoisotopic (exact) mass is 232 g/mol. The van der Waals surface area contributed by atoms with Crippen LogP contribution in [0.5, 0.6) is 0 Å². The van der Waals surface area contributed by atoms with E-state index in [1.807, 2.05) is 45.0 Å². The van der Waals surface area contributed by atoms with Crippen LogP contribution in [0.2, 0.25) is 0 Å². The summed E-state index contributed by atoms with van der Waals surface area (Å²) in [5, 5.41) is 0. The van der Waals surface area contributed by atoms with Gasteiger partial charge in [-0.1, -0.05) is 45.0 Å². The Morgan fingerprint density at radius 3 is 2.24 bits per heavy atom. The molecule has 0 N–H and O–H groups in total. The second-order valence-electron chi connectivity index (χ2n) is 4.69. The SMILES string of the molecule is CCC(=O)Cc1cccc(CC(=O)C(C)C)c1. The molecule has 0 unspecified atom stereocenters. The number of carbonyl (C=O) groups excluding carboxylic acids is 2. The molecule has 17 heavy (non-hydrogen) atoms. The fraction of sp³-hybridized carbons (Fsp3) is 0.467. The van der Waals surface area contributed by atoms with Crippen molar-refractivity contribution in [2.75, 3.05) is 0 Å². The molecule has 0 heterocycles. The zero-order valence-electron chi connectivity index (χ0n) is 10.8. The summed E-state index contributed by atoms with van der Waals surface area (Å²) in [6, 6.07) is 7.77. The zero-order chi connectivity index (χ0) is 12.8. The van der Waals surface area contributed by atoms with Crippen molar-refractivity contribution in [2.45, 2.75) is 40.0 Å². The van der Waals surface area contributed by atoms with Crippen LogP contribution < -0.4 is 0 Å². The Balaban J connectivity index is 2.72. The number of benzene rings is 1. The highest BCUT2D eigenvalue weighted by Gasteiger charge is 2.09. The highest BCUT2D eigenvalue weighted by Crippen LogP contribution is 2.10. The van der Waals surface area contributed by atoms with Crippen LogP contribution in [0.1, 0.15) is 38.3 Å². The van der Waals surface area contributed by atoms with Gasteiger partial charge in [0, 0.05) is 25.2 Å². The quantitative estimate of drug-likeness (QED) is 0.755. The van der Waals surface area contributed by atoms with Gasteiger partial charge in [-0.05, 0) is 11.1 Å². The highest BCUT2D eigenvalue weighted by molar-refractivity contribution is 5.83. The molecule has 0 bridgehead atoms. The summed E-state index contributed by atoms with van der Waals surface area (Å²) in [7, 11) is 0. The summed E-state index contributed by atoms with van der Waals surface area (Å²) in [6.07, 6.45) is 1.50. The van der Waals surface area contributed by atoms with Gasteiger partial charge in [0.05, 0.1) is 0 Å². The molecular formula is C15H20O2. The molecular weight excluding hydrogens is 212 g/mol. The minimum atomic E-state index is 0.0657. The Bertz CT molecular complexity index is 405. The fourth-order valence-electron chi connectivity index (χ4n) is 1.61. The molecule has 0 aliphatic heterocycles. The molecule has 1 aromatic carbocycles. The Morgan fingerprint density at radius 1 is 1.12 bits per heavy atom. The van der Waals surface area contributed by atoms with Crippen molar-refractivity contribution < 1.29 is 9.59 Å². The molecule has 2 heteroatoms. The van der Waals surface area contributed by atoms with Crippen molar-refractivity contribution in [1.82, 2.24) is 0 Å². The molecule has 0 aliphatic rings. The van der Waals surface area contributed by atoms with E-state index >= 15 is 0 Å². The minimum absolute atomic E-state index is 0.0657. The maximum Gasteiger partial charge on any atom is 0.139 e. The van der Waals surface area contributed by atoms with Crippen LogP contribution in [0.4, 0.5) is 0 Å². The van der Waals surface area contributed by atoms with Crippen LogP contribution in [-0.2, 0) is 22.4 Å². The minimum Gasteiger partial charge on any atom is -0.299 e. The topological polar surface area (TPSA) is 34.1 Å². The van der Waals surface area contributed by atoms with E-state index in [1.54, 1.807) is 0 Å². The van der Waals surface area contributed by atoms with E-state index in [0.29, 0.717) is 19.3 Å². The first kappa shape index (κ1) is 13.6. The molecule has 0 aliphatic carbocycles. The van der Waals surface area contributed by atoms with Gasteiger partial charge in [-0.25, -0.2) is 0 Å². The molecule has 92 valence electrons. The smallest absolute Gasteiger partial charge is 0.139 e. The van der Waals surface area contributed by atoms with E-state index in [-0.39, 0.29) is 17.5 Å². The highest BCUT2D eigenvalue weighted by atomic mass is 16.1. The predicted octanol–water partition coefficient (Wildman–Crippen LogP) is 2.98. The number of hydrogen-bond acceptors (Lipinski definition) is 2. The molecule has 0 radical (unpaired) electrons. The third kappa shape index (κ3) is 4.51. The van der Waals surface area contributed by atoms with Crippen molar-refractivity contribution in [3.05, 3.63) is 35.4 Å². The molecule has 0 saturated heterocycles. The lowest BCUT2D eigenvalue weighted by molar-refractivity contribution is -0.121. The van der Waals surface area contributed by atoms with E-state index in [4.69, 9.17) is 0 Å². The lowest BCUT2D eigenvalue weighted by Crippen LogP contribution is -2.10. The summed E-state index contributed by atoms with van der Waals surface area (Å²) >= 11 is 0. The molecule has 0 fully saturated rings. The van der Waals surface area contributed by atoms with Crippen molar-refractivity contribution in [1.29, 1.82) is 0 Å². The Kier molecular flexibility index (Phi) is 5.08. The van der Waals surface area contributed by atoms with Crippen LogP contribution in [-0.4, -0.2) is 11.6 Å². The average Bonchev–Trinajstić information content (AvgIpc) is 2.29. The Morgan fingerprint density at radius 2 is 1.71 bits per heavy atom. The third-order valence-corrected chi connectivity index (χ3v) is 2.81. The number of Topliss-reactive ketones (excluding diaryl/α,β-unsaturated/α-hetero) is 2. The number of hydrogen-bond donors (Lipinski definition) is 0. The first-order chi connectivity index (χ1) is 8.02. The van der Waals surface area contributed by atoms with Gasteiger partial charge in [-0.2, -0.15) is 0 Å². The van der Waals surface area contributed by atoms with Crippen LogP contribution >= 0.6 is 0 Å². The average molecular weight is 232 g/mol. The maximum atomic E-state index is 11.6. The van der Waals surface area contributed by atoms with E-state index < -0.39 is 0 Å². The Labute approximate surface area is 103 Å². The summed E-state index contributed by atoms with van der Waals surface area (Å²) < 4.78 is 0. The lowest BCUT2D eigenvalue weighted by Gasteiger charge is -2.06. The standard InChI is InChI=1S/C15H20O2/c1-4-14(16)9-12-6-5-7-13(8-12)10-15(17)11(2)3/h5-8,11H,4,9-10H2,1-3H3. The first-order valence-electron chi connectivity index (χ1n) is 6.15. The van der Waals surface area contributed by atoms with E-state index in [9.17, 15) is 9.59 Å². The van der Waals surface area contributed by atoms with Crippen molar-refractivity contribution in [3.63, 3.8) is 0 Å². The molecule has 0 saturated carbocycles. The van der Waals surface area contributed by atoms with Crippen LogP contribution in [0.3, 0.4) is 0 Å². The summed E-state index contributed by atoms with van der Waals surface area (Å²) in [6.45, 7) is 5.69. The molecule has 1 rings (SSSR count). The summed E-state index contributed by atoms with van der Waals surface area (Å²) in [5.41, 5.74) is 2.01. The van der Waals surface area contributed by atoms with Gasteiger partial charge < -0.3 is 0 Å². The van der Waals surface area contributed by atoms with Gasteiger partial charge >= 0.3 is 0 Å². The van der Waals surface area contributed by atoms with E-state index in [2.05, 4.69) is 0 Å². The van der Waals surface area contributed by atoms with Gasteiger partial charge in [0.25, 0.3) is 0 Å². The first-order valence-corrected chi connectivity index (χ1v) is 6.15.